The van der Waals surface area contributed by atoms with Gasteiger partial charge >= 0.3 is 5.97 Å². The number of aromatic nitrogens is 2. The molecule has 7 heteroatoms. The highest BCUT2D eigenvalue weighted by Gasteiger charge is 2.12. The van der Waals surface area contributed by atoms with Crippen LogP contribution in [0.3, 0.4) is 0 Å². The number of carbonyl (C=O) groups excluding carboxylic acids is 2. The fourth-order valence-corrected chi connectivity index (χ4v) is 1.96. The van der Waals surface area contributed by atoms with Crippen LogP contribution >= 0.6 is 0 Å². The van der Waals surface area contributed by atoms with Crippen molar-refractivity contribution in [3.8, 4) is 0 Å². The lowest BCUT2D eigenvalue weighted by Crippen LogP contribution is -2.16. The number of anilines is 2. The summed E-state index contributed by atoms with van der Waals surface area (Å²) in [5.74, 6) is -0.521. The molecule has 1 aromatic carbocycles. The van der Waals surface area contributed by atoms with E-state index in [-0.39, 0.29) is 5.69 Å². The monoisotopic (exact) mass is 326 g/mol. The summed E-state index contributed by atoms with van der Waals surface area (Å²) < 4.78 is 4.66. The third-order valence-corrected chi connectivity index (χ3v) is 3.03. The molecule has 0 saturated heterocycles. The number of aryl methyl sites for hydroxylation is 1. The molecule has 0 aliphatic carbocycles. The normalized spacial score (nSPS) is 9.92. The summed E-state index contributed by atoms with van der Waals surface area (Å²) in [5.41, 5.74) is 1.70. The highest BCUT2D eigenvalue weighted by Crippen LogP contribution is 2.13. The molecule has 2 aromatic rings. The lowest BCUT2D eigenvalue weighted by atomic mass is 10.2. The fraction of sp³-hybridized carbons (Fsp3) is 0.176. The van der Waals surface area contributed by atoms with Crippen LogP contribution in [0.4, 0.5) is 11.6 Å². The first-order valence-corrected chi connectivity index (χ1v) is 7.23. The molecule has 0 radical (unpaired) electrons. The van der Waals surface area contributed by atoms with E-state index in [9.17, 15) is 9.59 Å². The van der Waals surface area contributed by atoms with Crippen LogP contribution < -0.4 is 10.6 Å². The molecule has 0 atom stereocenters. The number of nitrogens with zero attached hydrogens (tertiary/aromatic N) is 2. The van der Waals surface area contributed by atoms with Crippen molar-refractivity contribution in [2.75, 3.05) is 24.3 Å². The maximum atomic E-state index is 12.4. The van der Waals surface area contributed by atoms with E-state index in [1.807, 2.05) is 0 Å². The van der Waals surface area contributed by atoms with Crippen molar-refractivity contribution in [2.45, 2.75) is 6.92 Å². The van der Waals surface area contributed by atoms with Crippen LogP contribution in [0.25, 0.3) is 0 Å². The first-order chi connectivity index (χ1) is 11.5. The topological polar surface area (TPSA) is 93.2 Å². The van der Waals surface area contributed by atoms with Gasteiger partial charge in [0.1, 0.15) is 5.69 Å². The van der Waals surface area contributed by atoms with Gasteiger partial charge < -0.3 is 15.4 Å². The lowest BCUT2D eigenvalue weighted by molar-refractivity contribution is 0.0600. The molecule has 2 N–H and O–H groups in total. The number of ether oxygens (including phenoxy) is 1. The number of nitrogens with one attached hydrogen (secondary N) is 2. The maximum absolute atomic E-state index is 12.4. The maximum Gasteiger partial charge on any atom is 0.337 e. The summed E-state index contributed by atoms with van der Waals surface area (Å²) in [6, 6.07) is 8.06. The number of benzene rings is 1. The van der Waals surface area contributed by atoms with E-state index >= 15 is 0 Å². The first kappa shape index (κ1) is 17.1. The van der Waals surface area contributed by atoms with Gasteiger partial charge in [0.05, 0.1) is 12.7 Å². The van der Waals surface area contributed by atoms with E-state index in [0.29, 0.717) is 29.4 Å². The predicted molar refractivity (Wildman–Crippen MR) is 91.2 cm³/mol. The van der Waals surface area contributed by atoms with Crippen molar-refractivity contribution in [2.24, 2.45) is 0 Å². The zero-order chi connectivity index (χ0) is 17.5. The summed E-state index contributed by atoms with van der Waals surface area (Å²) in [4.78, 5) is 32.3. The molecule has 0 aliphatic rings. The van der Waals surface area contributed by atoms with E-state index in [2.05, 4.69) is 31.9 Å². The standard InChI is InChI=1S/C17H18N4O3/c1-4-8-18-17-19-11(2)9-14(21-17)15(22)20-13-7-5-6-12(10-13)16(23)24-3/h4-7,9-10H,1,8H2,2-3H3,(H,20,22)(H,18,19,21). The van der Waals surface area contributed by atoms with Gasteiger partial charge in [0, 0.05) is 17.9 Å². The Morgan fingerprint density at radius 3 is 2.79 bits per heavy atom. The van der Waals surface area contributed by atoms with Crippen molar-refractivity contribution < 1.29 is 14.3 Å². The van der Waals surface area contributed by atoms with Crippen molar-refractivity contribution in [3.63, 3.8) is 0 Å². The molecule has 0 fully saturated rings. The largest absolute Gasteiger partial charge is 0.465 e. The summed E-state index contributed by atoms with van der Waals surface area (Å²) >= 11 is 0. The molecule has 2 rings (SSSR count). The summed E-state index contributed by atoms with van der Waals surface area (Å²) in [5, 5.41) is 5.65. The Morgan fingerprint density at radius 2 is 2.08 bits per heavy atom. The molecule has 124 valence electrons. The smallest absolute Gasteiger partial charge is 0.337 e. The Labute approximate surface area is 139 Å². The average Bonchev–Trinajstić information content (AvgIpc) is 2.59. The van der Waals surface area contributed by atoms with E-state index in [1.165, 1.54) is 13.2 Å². The number of hydrogen-bond donors (Lipinski definition) is 2. The van der Waals surface area contributed by atoms with Crippen molar-refractivity contribution >= 4 is 23.5 Å². The fourth-order valence-electron chi connectivity index (χ4n) is 1.96. The Kier molecular flexibility index (Phi) is 5.62. The minimum absolute atomic E-state index is 0.220. The van der Waals surface area contributed by atoms with Gasteiger partial charge in [-0.2, -0.15) is 0 Å². The van der Waals surface area contributed by atoms with Gasteiger partial charge in [0.2, 0.25) is 5.95 Å². The molecule has 1 aromatic heterocycles. The van der Waals surface area contributed by atoms with Gasteiger partial charge in [-0.15, -0.1) is 6.58 Å². The molecule has 24 heavy (non-hydrogen) atoms. The van der Waals surface area contributed by atoms with Crippen LogP contribution in [-0.2, 0) is 4.74 Å². The second-order valence-corrected chi connectivity index (χ2v) is 4.91. The number of esters is 1. The van der Waals surface area contributed by atoms with E-state index in [0.717, 1.165) is 0 Å². The second kappa shape index (κ2) is 7.87. The zero-order valence-corrected chi connectivity index (χ0v) is 13.5. The highest BCUT2D eigenvalue weighted by molar-refractivity contribution is 6.03. The van der Waals surface area contributed by atoms with Gasteiger partial charge in [0.15, 0.2) is 0 Å². The van der Waals surface area contributed by atoms with Gasteiger partial charge in [-0.3, -0.25) is 4.79 Å². The minimum atomic E-state index is -0.472. The van der Waals surface area contributed by atoms with Crippen molar-refractivity contribution in [1.29, 1.82) is 0 Å². The summed E-state index contributed by atoms with van der Waals surface area (Å²) in [6.45, 7) is 5.87. The lowest BCUT2D eigenvalue weighted by Gasteiger charge is -2.08. The Bertz CT molecular complexity index is 774. The molecule has 0 aliphatic heterocycles. The molecule has 1 heterocycles. The van der Waals surface area contributed by atoms with E-state index in [1.54, 1.807) is 37.3 Å². The molecular formula is C17H18N4O3. The van der Waals surface area contributed by atoms with E-state index < -0.39 is 11.9 Å². The molecule has 0 saturated carbocycles. The number of carbonyl (C=O) groups is 2. The van der Waals surface area contributed by atoms with Gasteiger partial charge in [-0.25, -0.2) is 14.8 Å². The minimum Gasteiger partial charge on any atom is -0.465 e. The first-order valence-electron chi connectivity index (χ1n) is 7.23. The van der Waals surface area contributed by atoms with Crippen LogP contribution in [0, 0.1) is 6.92 Å². The number of amides is 1. The van der Waals surface area contributed by atoms with Crippen LogP contribution in [0.5, 0.6) is 0 Å². The van der Waals surface area contributed by atoms with Crippen LogP contribution in [0.1, 0.15) is 26.5 Å². The molecule has 1 amide bonds. The summed E-state index contributed by atoms with van der Waals surface area (Å²) in [7, 11) is 1.30. The summed E-state index contributed by atoms with van der Waals surface area (Å²) in [6.07, 6.45) is 1.67. The third kappa shape index (κ3) is 4.39. The zero-order valence-electron chi connectivity index (χ0n) is 13.5. The Hall–Kier alpha value is -3.22. The molecule has 0 bridgehead atoms. The van der Waals surface area contributed by atoms with Crippen molar-refractivity contribution in [1.82, 2.24) is 9.97 Å². The van der Waals surface area contributed by atoms with Gasteiger partial charge in [0.25, 0.3) is 5.91 Å². The molecule has 0 unspecified atom stereocenters. The number of hydrogen-bond acceptors (Lipinski definition) is 6. The highest BCUT2D eigenvalue weighted by atomic mass is 16.5. The quantitative estimate of drug-likeness (QED) is 0.625. The third-order valence-electron chi connectivity index (χ3n) is 3.03. The Balaban J connectivity index is 2.19. The van der Waals surface area contributed by atoms with Crippen LogP contribution in [0.15, 0.2) is 43.0 Å². The van der Waals surface area contributed by atoms with E-state index in [4.69, 9.17) is 0 Å². The molecular weight excluding hydrogens is 308 g/mol. The van der Waals surface area contributed by atoms with Gasteiger partial charge in [-0.05, 0) is 31.2 Å². The molecule has 7 nitrogen and oxygen atoms in total. The van der Waals surface area contributed by atoms with Crippen molar-refractivity contribution in [3.05, 3.63) is 59.9 Å². The van der Waals surface area contributed by atoms with Gasteiger partial charge in [-0.1, -0.05) is 12.1 Å². The molecule has 0 spiro atoms. The Morgan fingerprint density at radius 1 is 1.29 bits per heavy atom. The van der Waals surface area contributed by atoms with Crippen LogP contribution in [-0.4, -0.2) is 35.5 Å². The predicted octanol–water partition coefficient (Wildman–Crippen LogP) is 2.42. The average molecular weight is 326 g/mol. The van der Waals surface area contributed by atoms with Crippen LogP contribution in [0.2, 0.25) is 0 Å². The number of rotatable bonds is 6. The second-order valence-electron chi connectivity index (χ2n) is 4.91. The SMILES string of the molecule is C=CCNc1nc(C)cc(C(=O)Nc2cccc(C(=O)OC)c2)n1. The number of methoxy groups -OCH3 is 1.